The number of nitrogens with zero attached hydrogens (tertiary/aromatic N) is 1. The summed E-state index contributed by atoms with van der Waals surface area (Å²) < 4.78 is 0. The van der Waals surface area contributed by atoms with Crippen LogP contribution in [-0.2, 0) is 4.79 Å². The minimum Gasteiger partial charge on any atom is -0.481 e. The first-order valence-corrected chi connectivity index (χ1v) is 7.74. The number of likely N-dealkylation sites (tertiary alicyclic amines) is 1. The average Bonchev–Trinajstić information content (AvgIpc) is 2.64. The quantitative estimate of drug-likeness (QED) is 0.815. The number of urea groups is 1. The molecule has 1 rings (SSSR count). The zero-order valence-corrected chi connectivity index (χ0v) is 12.9. The Labute approximate surface area is 121 Å². The Morgan fingerprint density at radius 2 is 1.90 bits per heavy atom. The van der Waals surface area contributed by atoms with Gasteiger partial charge in [-0.3, -0.25) is 4.79 Å². The highest BCUT2D eigenvalue weighted by Crippen LogP contribution is 2.26. The fraction of sp³-hybridized carbons (Fsp3) is 0.867. The van der Waals surface area contributed by atoms with E-state index in [0.717, 1.165) is 32.2 Å². The van der Waals surface area contributed by atoms with E-state index < -0.39 is 11.4 Å². The van der Waals surface area contributed by atoms with Crippen LogP contribution >= 0.6 is 0 Å². The normalized spacial score (nSPS) is 20.4. The Bertz CT molecular complexity index is 340. The van der Waals surface area contributed by atoms with E-state index in [9.17, 15) is 14.7 Å². The van der Waals surface area contributed by atoms with Gasteiger partial charge in [0.05, 0.1) is 5.41 Å². The van der Waals surface area contributed by atoms with E-state index in [-0.39, 0.29) is 18.6 Å². The molecule has 0 saturated carbocycles. The van der Waals surface area contributed by atoms with Gasteiger partial charge in [0.15, 0.2) is 0 Å². The van der Waals surface area contributed by atoms with Gasteiger partial charge in [-0.15, -0.1) is 0 Å². The average molecular weight is 284 g/mol. The molecule has 5 nitrogen and oxygen atoms in total. The number of carboxylic acid groups (broad SMARTS) is 1. The van der Waals surface area contributed by atoms with Crippen LogP contribution in [0.25, 0.3) is 0 Å². The molecular formula is C15H28N2O3. The second-order valence-electron chi connectivity index (χ2n) is 5.84. The maximum atomic E-state index is 12.3. The topological polar surface area (TPSA) is 69.6 Å². The summed E-state index contributed by atoms with van der Waals surface area (Å²) in [6.45, 7) is 6.76. The van der Waals surface area contributed by atoms with Crippen LogP contribution in [0.2, 0.25) is 0 Å². The summed E-state index contributed by atoms with van der Waals surface area (Å²) in [4.78, 5) is 25.6. The zero-order chi connectivity index (χ0) is 15.2. The molecular weight excluding hydrogens is 256 g/mol. The molecule has 1 atom stereocenters. The van der Waals surface area contributed by atoms with Crippen molar-refractivity contribution in [2.75, 3.05) is 13.1 Å². The molecule has 1 heterocycles. The number of carboxylic acids is 1. The summed E-state index contributed by atoms with van der Waals surface area (Å²) >= 11 is 0. The van der Waals surface area contributed by atoms with Crippen molar-refractivity contribution in [3.63, 3.8) is 0 Å². The van der Waals surface area contributed by atoms with Crippen molar-refractivity contribution in [1.29, 1.82) is 0 Å². The molecule has 116 valence electrons. The molecule has 20 heavy (non-hydrogen) atoms. The zero-order valence-electron chi connectivity index (χ0n) is 12.9. The van der Waals surface area contributed by atoms with Crippen molar-refractivity contribution < 1.29 is 14.7 Å². The maximum absolute atomic E-state index is 12.3. The lowest BCUT2D eigenvalue weighted by atomic mass is 9.82. The summed E-state index contributed by atoms with van der Waals surface area (Å²) in [5, 5.41) is 12.2. The van der Waals surface area contributed by atoms with E-state index >= 15 is 0 Å². The smallest absolute Gasteiger partial charge is 0.317 e. The number of aliphatic carboxylic acids is 1. The Morgan fingerprint density at radius 1 is 1.25 bits per heavy atom. The SMILES string of the molecule is CCC(CC)(CNC(=O)N1CCCCCC1C)C(=O)O. The summed E-state index contributed by atoms with van der Waals surface area (Å²) in [6, 6.07) is 0.118. The van der Waals surface area contributed by atoms with Crippen LogP contribution < -0.4 is 5.32 Å². The van der Waals surface area contributed by atoms with E-state index in [2.05, 4.69) is 12.2 Å². The molecule has 0 aromatic heterocycles. The lowest BCUT2D eigenvalue weighted by Gasteiger charge is -2.31. The third kappa shape index (κ3) is 3.87. The van der Waals surface area contributed by atoms with Crippen LogP contribution in [0.1, 0.15) is 59.3 Å². The molecule has 0 radical (unpaired) electrons. The standard InChI is InChI=1S/C15H28N2O3/c1-4-15(5-2,13(18)19)11-16-14(20)17-10-8-6-7-9-12(17)3/h12H,4-11H2,1-3H3,(H,16,20)(H,18,19). The van der Waals surface area contributed by atoms with Crippen LogP contribution in [0.5, 0.6) is 0 Å². The number of hydrogen-bond donors (Lipinski definition) is 2. The Morgan fingerprint density at radius 3 is 2.45 bits per heavy atom. The van der Waals surface area contributed by atoms with Gasteiger partial charge >= 0.3 is 12.0 Å². The number of rotatable bonds is 5. The third-order valence-electron chi connectivity index (χ3n) is 4.70. The van der Waals surface area contributed by atoms with Crippen molar-refractivity contribution in [2.45, 2.75) is 65.3 Å². The van der Waals surface area contributed by atoms with Crippen LogP contribution in [0, 0.1) is 5.41 Å². The second-order valence-corrected chi connectivity index (χ2v) is 5.84. The van der Waals surface area contributed by atoms with Crippen LogP contribution in [0.3, 0.4) is 0 Å². The van der Waals surface area contributed by atoms with Gasteiger partial charge in [0.25, 0.3) is 0 Å². The number of amides is 2. The van der Waals surface area contributed by atoms with Crippen LogP contribution in [0.4, 0.5) is 4.79 Å². The molecule has 1 fully saturated rings. The number of nitrogens with one attached hydrogen (secondary N) is 1. The molecule has 1 aliphatic heterocycles. The highest BCUT2D eigenvalue weighted by atomic mass is 16.4. The predicted octanol–water partition coefficient (Wildman–Crippen LogP) is 2.85. The lowest BCUT2D eigenvalue weighted by Crippen LogP contribution is -2.49. The van der Waals surface area contributed by atoms with Crippen molar-refractivity contribution in [3.05, 3.63) is 0 Å². The fourth-order valence-corrected chi connectivity index (χ4v) is 2.80. The van der Waals surface area contributed by atoms with Crippen molar-refractivity contribution in [3.8, 4) is 0 Å². The van der Waals surface area contributed by atoms with Gasteiger partial charge in [-0.05, 0) is 32.6 Å². The molecule has 1 unspecified atom stereocenters. The monoisotopic (exact) mass is 284 g/mol. The van der Waals surface area contributed by atoms with Crippen molar-refractivity contribution in [1.82, 2.24) is 10.2 Å². The first-order valence-electron chi connectivity index (χ1n) is 7.74. The first kappa shape index (κ1) is 16.8. The first-order chi connectivity index (χ1) is 9.46. The van der Waals surface area contributed by atoms with E-state index in [1.54, 1.807) is 0 Å². The third-order valence-corrected chi connectivity index (χ3v) is 4.70. The van der Waals surface area contributed by atoms with Gasteiger partial charge in [-0.25, -0.2) is 4.79 Å². The fourth-order valence-electron chi connectivity index (χ4n) is 2.80. The largest absolute Gasteiger partial charge is 0.481 e. The van der Waals surface area contributed by atoms with E-state index in [1.165, 1.54) is 0 Å². The van der Waals surface area contributed by atoms with Crippen molar-refractivity contribution in [2.24, 2.45) is 5.41 Å². The lowest BCUT2D eigenvalue weighted by molar-refractivity contribution is -0.149. The van der Waals surface area contributed by atoms with Gasteiger partial charge in [0, 0.05) is 19.1 Å². The molecule has 0 aromatic rings. The van der Waals surface area contributed by atoms with Gasteiger partial charge in [-0.2, -0.15) is 0 Å². The molecule has 5 heteroatoms. The van der Waals surface area contributed by atoms with Gasteiger partial charge in [0.2, 0.25) is 0 Å². The van der Waals surface area contributed by atoms with Crippen LogP contribution in [-0.4, -0.2) is 41.1 Å². The van der Waals surface area contributed by atoms with E-state index in [0.29, 0.717) is 12.8 Å². The molecule has 0 aromatic carbocycles. The minimum absolute atomic E-state index is 0.119. The maximum Gasteiger partial charge on any atom is 0.317 e. The van der Waals surface area contributed by atoms with Crippen molar-refractivity contribution >= 4 is 12.0 Å². The van der Waals surface area contributed by atoms with Gasteiger partial charge < -0.3 is 15.3 Å². The summed E-state index contributed by atoms with van der Waals surface area (Å²) in [6.07, 6.45) is 5.43. The molecule has 0 spiro atoms. The molecule has 2 amide bonds. The highest BCUT2D eigenvalue weighted by molar-refractivity contribution is 5.78. The van der Waals surface area contributed by atoms with E-state index in [4.69, 9.17) is 0 Å². The number of hydrogen-bond acceptors (Lipinski definition) is 2. The molecule has 0 bridgehead atoms. The second kappa shape index (κ2) is 7.50. The van der Waals surface area contributed by atoms with Crippen LogP contribution in [0.15, 0.2) is 0 Å². The Balaban J connectivity index is 2.62. The summed E-state index contributed by atoms with van der Waals surface area (Å²) in [5.74, 6) is -0.827. The molecule has 1 aliphatic rings. The highest BCUT2D eigenvalue weighted by Gasteiger charge is 2.35. The number of carbonyl (C=O) groups is 2. The minimum atomic E-state index is -0.843. The Hall–Kier alpha value is -1.26. The molecule has 0 aliphatic carbocycles. The summed E-state index contributed by atoms with van der Waals surface area (Å²) in [7, 11) is 0. The van der Waals surface area contributed by atoms with Gasteiger partial charge in [-0.1, -0.05) is 26.7 Å². The summed E-state index contributed by atoms with van der Waals surface area (Å²) in [5.41, 5.74) is -0.843. The molecule has 1 saturated heterocycles. The number of carbonyl (C=O) groups excluding carboxylic acids is 1. The Kier molecular flexibility index (Phi) is 6.30. The van der Waals surface area contributed by atoms with E-state index in [1.807, 2.05) is 18.7 Å². The molecule has 2 N–H and O–H groups in total. The predicted molar refractivity (Wildman–Crippen MR) is 78.7 cm³/mol. The van der Waals surface area contributed by atoms with Gasteiger partial charge in [0.1, 0.15) is 0 Å².